The van der Waals surface area contributed by atoms with Crippen molar-refractivity contribution in [2.24, 2.45) is 5.92 Å². The van der Waals surface area contributed by atoms with Crippen LogP contribution in [0.5, 0.6) is 0 Å². The van der Waals surface area contributed by atoms with Gasteiger partial charge in [0.2, 0.25) is 0 Å². The van der Waals surface area contributed by atoms with Gasteiger partial charge in [-0.1, -0.05) is 44.2 Å². The first-order valence-corrected chi connectivity index (χ1v) is 7.92. The molecule has 2 rings (SSSR count). The highest BCUT2D eigenvalue weighted by atomic mass is 15.1. The number of hydrogen-bond acceptors (Lipinski definition) is 2. The summed E-state index contributed by atoms with van der Waals surface area (Å²) in [7, 11) is 0. The van der Waals surface area contributed by atoms with Gasteiger partial charge in [-0.2, -0.15) is 0 Å². The van der Waals surface area contributed by atoms with Crippen LogP contribution in [0.15, 0.2) is 42.9 Å². The maximum absolute atomic E-state index is 4.32. The van der Waals surface area contributed by atoms with Crippen molar-refractivity contribution in [1.29, 1.82) is 0 Å². The predicted molar refractivity (Wildman–Crippen MR) is 88.2 cm³/mol. The quantitative estimate of drug-likeness (QED) is 0.799. The van der Waals surface area contributed by atoms with E-state index in [0.29, 0.717) is 12.0 Å². The van der Waals surface area contributed by atoms with Crippen LogP contribution < -0.4 is 5.32 Å². The van der Waals surface area contributed by atoms with E-state index in [0.717, 1.165) is 25.9 Å². The molecule has 0 aliphatic heterocycles. The number of aryl methyl sites for hydroxylation is 1. The van der Waals surface area contributed by atoms with Gasteiger partial charge in [-0.25, -0.2) is 4.98 Å². The van der Waals surface area contributed by atoms with Crippen molar-refractivity contribution in [2.45, 2.75) is 46.2 Å². The Morgan fingerprint density at radius 2 is 1.90 bits per heavy atom. The summed E-state index contributed by atoms with van der Waals surface area (Å²) >= 11 is 0. The van der Waals surface area contributed by atoms with Crippen molar-refractivity contribution < 1.29 is 0 Å². The van der Waals surface area contributed by atoms with Gasteiger partial charge in [0.05, 0.1) is 12.0 Å². The standard InChI is InChI=1S/C18H27N3/c1-15(2)11-19-12-18-13-20-14-21(18)16(3)9-10-17-7-5-4-6-8-17/h4-8,13-16,19H,9-12H2,1-3H3. The molecule has 1 aromatic heterocycles. The largest absolute Gasteiger partial charge is 0.331 e. The van der Waals surface area contributed by atoms with Crippen LogP contribution in [0.1, 0.15) is 44.5 Å². The Bertz CT molecular complexity index is 516. The second-order valence-corrected chi connectivity index (χ2v) is 6.19. The molecule has 0 radical (unpaired) electrons. The number of aromatic nitrogens is 2. The van der Waals surface area contributed by atoms with Gasteiger partial charge in [-0.15, -0.1) is 0 Å². The molecule has 1 unspecified atom stereocenters. The van der Waals surface area contributed by atoms with Crippen molar-refractivity contribution in [3.05, 3.63) is 54.1 Å². The topological polar surface area (TPSA) is 29.9 Å². The van der Waals surface area contributed by atoms with E-state index in [9.17, 15) is 0 Å². The molecule has 3 nitrogen and oxygen atoms in total. The lowest BCUT2D eigenvalue weighted by atomic mass is 10.1. The van der Waals surface area contributed by atoms with Crippen LogP contribution in [0.4, 0.5) is 0 Å². The Labute approximate surface area is 128 Å². The normalized spacial score (nSPS) is 12.8. The lowest BCUT2D eigenvalue weighted by Crippen LogP contribution is -2.21. The van der Waals surface area contributed by atoms with Gasteiger partial charge < -0.3 is 9.88 Å². The van der Waals surface area contributed by atoms with E-state index < -0.39 is 0 Å². The summed E-state index contributed by atoms with van der Waals surface area (Å²) in [5, 5.41) is 3.50. The van der Waals surface area contributed by atoms with Crippen molar-refractivity contribution in [1.82, 2.24) is 14.9 Å². The van der Waals surface area contributed by atoms with Gasteiger partial charge in [0.25, 0.3) is 0 Å². The third-order valence-electron chi connectivity index (χ3n) is 3.77. The lowest BCUT2D eigenvalue weighted by molar-refractivity contribution is 0.473. The number of benzene rings is 1. The van der Waals surface area contributed by atoms with Crippen LogP contribution in [0.3, 0.4) is 0 Å². The second kappa shape index (κ2) is 7.99. The Hall–Kier alpha value is -1.61. The number of nitrogens with zero attached hydrogens (tertiary/aromatic N) is 2. The summed E-state index contributed by atoms with van der Waals surface area (Å²) in [5.41, 5.74) is 2.68. The number of nitrogens with one attached hydrogen (secondary N) is 1. The first kappa shape index (κ1) is 15.8. The molecule has 0 saturated carbocycles. The van der Waals surface area contributed by atoms with Crippen molar-refractivity contribution >= 4 is 0 Å². The van der Waals surface area contributed by atoms with Crippen LogP contribution >= 0.6 is 0 Å². The van der Waals surface area contributed by atoms with Crippen LogP contribution in [0.2, 0.25) is 0 Å². The minimum atomic E-state index is 0.476. The third kappa shape index (κ3) is 5.01. The van der Waals surface area contributed by atoms with E-state index in [2.05, 4.69) is 66.0 Å². The molecular formula is C18H27N3. The number of imidazole rings is 1. The number of rotatable bonds is 8. The zero-order chi connectivity index (χ0) is 15.1. The zero-order valence-corrected chi connectivity index (χ0v) is 13.4. The van der Waals surface area contributed by atoms with E-state index in [1.165, 1.54) is 11.3 Å². The van der Waals surface area contributed by atoms with Crippen LogP contribution in [0.25, 0.3) is 0 Å². The summed E-state index contributed by atoms with van der Waals surface area (Å²) in [6.45, 7) is 8.67. The molecule has 21 heavy (non-hydrogen) atoms. The summed E-state index contributed by atoms with van der Waals surface area (Å²) in [6, 6.07) is 11.2. The third-order valence-corrected chi connectivity index (χ3v) is 3.77. The van der Waals surface area contributed by atoms with Crippen LogP contribution in [0, 0.1) is 5.92 Å². The summed E-state index contributed by atoms with van der Waals surface area (Å²) in [5.74, 6) is 0.678. The summed E-state index contributed by atoms with van der Waals surface area (Å²) < 4.78 is 2.30. The SMILES string of the molecule is CC(C)CNCc1cncn1C(C)CCc1ccccc1. The highest BCUT2D eigenvalue weighted by Gasteiger charge is 2.09. The molecule has 114 valence electrons. The zero-order valence-electron chi connectivity index (χ0n) is 13.4. The van der Waals surface area contributed by atoms with E-state index in [1.54, 1.807) is 0 Å². The minimum absolute atomic E-state index is 0.476. The molecule has 0 aliphatic rings. The molecule has 1 heterocycles. The van der Waals surface area contributed by atoms with Gasteiger partial charge in [-0.05, 0) is 37.8 Å². The molecular weight excluding hydrogens is 258 g/mol. The highest BCUT2D eigenvalue weighted by molar-refractivity contribution is 5.14. The molecule has 1 N–H and O–H groups in total. The Balaban J connectivity index is 1.87. The Morgan fingerprint density at radius 3 is 2.62 bits per heavy atom. The van der Waals surface area contributed by atoms with Gasteiger partial charge in [0.15, 0.2) is 0 Å². The second-order valence-electron chi connectivity index (χ2n) is 6.19. The molecule has 3 heteroatoms. The molecule has 1 atom stereocenters. The fraction of sp³-hybridized carbons (Fsp3) is 0.500. The fourth-order valence-electron chi connectivity index (χ4n) is 2.51. The van der Waals surface area contributed by atoms with Crippen molar-refractivity contribution in [2.75, 3.05) is 6.54 Å². The molecule has 0 saturated heterocycles. The summed E-state index contributed by atoms with van der Waals surface area (Å²) in [6.07, 6.45) is 6.19. The van der Waals surface area contributed by atoms with E-state index in [-0.39, 0.29) is 0 Å². The lowest BCUT2D eigenvalue weighted by Gasteiger charge is -2.17. The maximum Gasteiger partial charge on any atom is 0.0951 e. The molecule has 0 fully saturated rings. The van der Waals surface area contributed by atoms with Gasteiger partial charge in [0.1, 0.15) is 0 Å². The van der Waals surface area contributed by atoms with Crippen molar-refractivity contribution in [3.8, 4) is 0 Å². The smallest absolute Gasteiger partial charge is 0.0951 e. The first-order valence-electron chi connectivity index (χ1n) is 7.92. The molecule has 0 spiro atoms. The minimum Gasteiger partial charge on any atom is -0.331 e. The first-order chi connectivity index (χ1) is 10.2. The maximum atomic E-state index is 4.32. The Morgan fingerprint density at radius 1 is 1.14 bits per heavy atom. The molecule has 2 aromatic rings. The van der Waals surface area contributed by atoms with Gasteiger partial charge in [0, 0.05) is 18.8 Å². The van der Waals surface area contributed by atoms with E-state index in [4.69, 9.17) is 0 Å². The molecule has 1 aromatic carbocycles. The highest BCUT2D eigenvalue weighted by Crippen LogP contribution is 2.17. The molecule has 0 bridgehead atoms. The van der Waals surface area contributed by atoms with Crippen LogP contribution in [-0.2, 0) is 13.0 Å². The van der Waals surface area contributed by atoms with Gasteiger partial charge >= 0.3 is 0 Å². The van der Waals surface area contributed by atoms with Gasteiger partial charge in [-0.3, -0.25) is 0 Å². The monoisotopic (exact) mass is 285 g/mol. The average Bonchev–Trinajstić information content (AvgIpc) is 2.94. The predicted octanol–water partition coefficient (Wildman–Crippen LogP) is 3.82. The summed E-state index contributed by atoms with van der Waals surface area (Å²) in [4.78, 5) is 4.32. The van der Waals surface area contributed by atoms with Crippen LogP contribution in [-0.4, -0.2) is 16.1 Å². The van der Waals surface area contributed by atoms with Crippen molar-refractivity contribution in [3.63, 3.8) is 0 Å². The molecule has 0 aliphatic carbocycles. The number of hydrogen-bond donors (Lipinski definition) is 1. The average molecular weight is 285 g/mol. The fourth-order valence-corrected chi connectivity index (χ4v) is 2.51. The Kier molecular flexibility index (Phi) is 6.00. The molecule has 0 amide bonds. The van der Waals surface area contributed by atoms with E-state index >= 15 is 0 Å². The van der Waals surface area contributed by atoms with E-state index in [1.807, 2.05) is 12.5 Å².